The second-order valence-corrected chi connectivity index (χ2v) is 28.0. The predicted octanol–water partition coefficient (Wildman–Crippen LogP) is 29.2. The van der Waals surface area contributed by atoms with Crippen molar-refractivity contribution >= 4 is 11.4 Å². The second-order valence-electron chi connectivity index (χ2n) is 26.5. The summed E-state index contributed by atoms with van der Waals surface area (Å²) in [4.78, 5) is 0. The molecule has 0 spiro atoms. The van der Waals surface area contributed by atoms with E-state index in [1.807, 2.05) is 14.4 Å². The number of unbranched alkanes of at least 4 members (excludes halogenated alkanes) is 41. The van der Waals surface area contributed by atoms with Gasteiger partial charge in [0.25, 0.3) is 0 Å². The third kappa shape index (κ3) is 40.2. The molecule has 3 rings (SSSR count). The number of benzene rings is 2. The van der Waals surface area contributed by atoms with Crippen molar-refractivity contribution in [3.05, 3.63) is 98.6 Å². The molecule has 0 saturated carbocycles. The smallest absolute Gasteiger partial charge is 0.0654 e. The van der Waals surface area contributed by atoms with E-state index in [0.29, 0.717) is 0 Å². The minimum atomic E-state index is 0.982. The van der Waals surface area contributed by atoms with Crippen LogP contribution in [0, 0.1) is 0 Å². The summed E-state index contributed by atoms with van der Waals surface area (Å²) in [7, 11) is 0. The van der Waals surface area contributed by atoms with Crippen molar-refractivity contribution in [2.75, 3.05) is 0 Å². The predicted molar refractivity (Wildman–Crippen MR) is 380 cm³/mol. The van der Waals surface area contributed by atoms with Crippen LogP contribution in [0.25, 0.3) is 16.9 Å². The first kappa shape index (κ1) is 78.8. The topological polar surface area (TPSA) is 25.3 Å². The molecule has 1 heterocycles. The van der Waals surface area contributed by atoms with Crippen molar-refractivity contribution < 1.29 is 19.1 Å². The van der Waals surface area contributed by atoms with Crippen molar-refractivity contribution in [2.24, 2.45) is 0 Å². The van der Waals surface area contributed by atoms with Gasteiger partial charge in [-0.3, -0.25) is 0 Å². The van der Waals surface area contributed by atoms with E-state index in [9.17, 15) is 5.53 Å². The molecule has 0 aromatic heterocycles. The van der Waals surface area contributed by atoms with E-state index in [-0.39, 0.29) is 0 Å². The summed E-state index contributed by atoms with van der Waals surface area (Å²) < 4.78 is 1.63. The number of allylic oxidation sites excluding steroid dienone is 4. The van der Waals surface area contributed by atoms with Crippen molar-refractivity contribution in [2.45, 2.75) is 413 Å². The average molecular weight is 1220 g/mol. The van der Waals surface area contributed by atoms with Gasteiger partial charge in [0, 0.05) is 16.7 Å². The van der Waals surface area contributed by atoms with Gasteiger partial charge < -0.3 is 5.53 Å². The number of rotatable bonds is 59. The maximum atomic E-state index is 12.6. The molecule has 1 aliphatic heterocycles. The Morgan fingerprint density at radius 1 is 0.294 bits per heavy atom. The molecule has 2 aromatic rings. The molecule has 2 aromatic carbocycles. The third-order valence-electron chi connectivity index (χ3n) is 18.2. The van der Waals surface area contributed by atoms with Gasteiger partial charge in [-0.25, -0.2) is 4.70 Å². The van der Waals surface area contributed by atoms with Crippen LogP contribution in [0.5, 0.6) is 0 Å². The number of aryl methyl sites for hydroxylation is 4. The minimum Gasteiger partial charge on any atom is -0.0654 e. The molecule has 0 saturated heterocycles. The summed E-state index contributed by atoms with van der Waals surface area (Å²) in [5.74, 6) is 0. The maximum absolute atomic E-state index is 12.6. The van der Waals surface area contributed by atoms with Crippen molar-refractivity contribution in [3.8, 4) is 0 Å². The van der Waals surface area contributed by atoms with Crippen molar-refractivity contribution in [1.29, 1.82) is 0 Å². The zero-order valence-electron chi connectivity index (χ0n) is 58.4. The zero-order chi connectivity index (χ0) is 61.3. The summed E-state index contributed by atoms with van der Waals surface area (Å²) in [6.07, 6.45) is 77.9. The molecule has 0 fully saturated rings. The summed E-state index contributed by atoms with van der Waals surface area (Å²) >= 11 is 2.03. The van der Waals surface area contributed by atoms with Crippen molar-refractivity contribution in [3.63, 3.8) is 0 Å². The number of nitrogens with zero attached hydrogens (tertiary/aromatic N) is 2. The van der Waals surface area contributed by atoms with Gasteiger partial charge in [-0.1, -0.05) is 215 Å². The van der Waals surface area contributed by atoms with Gasteiger partial charge in [-0.2, -0.15) is 0 Å². The zero-order valence-corrected chi connectivity index (χ0v) is 59.4. The van der Waals surface area contributed by atoms with E-state index in [0.717, 1.165) is 49.9 Å². The average Bonchev–Trinajstić information content (AvgIpc) is 3.57. The normalized spacial score (nSPS) is 12.7. The molecule has 0 amide bonds. The van der Waals surface area contributed by atoms with Gasteiger partial charge in [-0.15, -0.1) is 0 Å². The summed E-state index contributed by atoms with van der Waals surface area (Å²) in [6, 6.07) is 14.5. The van der Waals surface area contributed by atoms with Gasteiger partial charge in [-0.05, 0) is 117 Å². The molecule has 1 aliphatic rings. The first-order valence-corrected chi connectivity index (χ1v) is 39.7. The summed E-state index contributed by atoms with van der Waals surface area (Å²) in [5, 5.41) is 2.86. The Bertz CT molecular complexity index is 1870. The Balaban J connectivity index is 0.000000766. The first-order chi connectivity index (χ1) is 41.9. The van der Waals surface area contributed by atoms with Gasteiger partial charge in [0.2, 0.25) is 11.4 Å². The van der Waals surface area contributed by atoms with E-state index < -0.39 is 0 Å². The Labute approximate surface area is 538 Å². The summed E-state index contributed by atoms with van der Waals surface area (Å²) in [5.41, 5.74) is 25.2. The number of hydrogen-bond donors (Lipinski definition) is 0. The van der Waals surface area contributed by atoms with Gasteiger partial charge in [0.05, 0.1) is 5.57 Å². The Morgan fingerprint density at radius 2 is 0.553 bits per heavy atom. The first-order valence-electron chi connectivity index (χ1n) is 38.3. The fraction of sp³-hybridized carbons (Fsp3) is 0.780. The van der Waals surface area contributed by atoms with E-state index in [4.69, 9.17) is 0 Å². The molecule has 3 heteroatoms. The van der Waals surface area contributed by atoms with Gasteiger partial charge >= 0.3 is 166 Å². The van der Waals surface area contributed by atoms with E-state index >= 15 is 0 Å². The van der Waals surface area contributed by atoms with E-state index in [1.165, 1.54) is 364 Å². The fourth-order valence-electron chi connectivity index (χ4n) is 12.7. The molecule has 492 valence electrons. The van der Waals surface area contributed by atoms with Crippen LogP contribution in [0.1, 0.15) is 410 Å². The molecule has 0 atom stereocenters. The van der Waals surface area contributed by atoms with Gasteiger partial charge in [0.15, 0.2) is 0 Å². The van der Waals surface area contributed by atoms with Crippen LogP contribution in [0.3, 0.4) is 0 Å². The molecule has 85 heavy (non-hydrogen) atoms. The number of hydrogen-bond acceptors (Lipinski definition) is 0. The molecule has 0 bridgehead atoms. The Morgan fingerprint density at radius 3 is 0.835 bits per heavy atom. The Hall–Kier alpha value is -2.25. The van der Waals surface area contributed by atoms with Crippen LogP contribution < -0.4 is 0 Å². The quantitative estimate of drug-likeness (QED) is 0.0358. The standard InChI is InChI=1S/C56H90N2.2C13H27.Ni/c1-7-13-19-20-21-22-23-24-25-26-27-28-29-30-31-32-33-34-40-54-53(39-18-12-6)55(51-43-47(35-14-8-2)41-48(44-51)36-15-9-3)58(57)56(54)52-45-49(37-16-10-4)42-50(46-52)38-17-11-5;2*1-3-5-7-9-11-13-12-10-8-6-4-2;/h18,39,41-46H,7-17,19-38,40H2,1-6H3;2*1,3-13H2,2H3;. The molecule has 0 N–H and O–H groups in total. The minimum absolute atomic E-state index is 0.982. The second kappa shape index (κ2) is 58.1. The van der Waals surface area contributed by atoms with E-state index in [1.54, 1.807) is 4.70 Å². The van der Waals surface area contributed by atoms with Crippen LogP contribution in [0.15, 0.2) is 59.7 Å². The van der Waals surface area contributed by atoms with Crippen LogP contribution in [0.4, 0.5) is 0 Å². The Kier molecular flexibility index (Phi) is 53.9. The fourth-order valence-corrected chi connectivity index (χ4v) is 13.9. The van der Waals surface area contributed by atoms with Crippen LogP contribution in [-0.2, 0) is 40.1 Å². The van der Waals surface area contributed by atoms with Crippen LogP contribution in [0.2, 0.25) is 10.8 Å². The molecule has 2 nitrogen and oxygen atoms in total. The van der Waals surface area contributed by atoms with Gasteiger partial charge in [0.1, 0.15) is 0 Å². The third-order valence-corrected chi connectivity index (χ3v) is 19.6. The SMILES string of the molecule is CCC=CC1=C(c2cc(CCCC)cc(CCCC)c2)[N+](=[N-])C(c2cc(CCCC)cc(CCCC)c2)=C1CCCCCCCCCCCCCCCCCCCC.CCCCCCCCCCCC[CH2][Ni][CH2]CCCCCCCCCCCC. The van der Waals surface area contributed by atoms with Crippen LogP contribution in [-0.4, -0.2) is 4.70 Å². The molecule has 0 radical (unpaired) electrons. The van der Waals surface area contributed by atoms with Crippen LogP contribution >= 0.6 is 0 Å². The summed E-state index contributed by atoms with van der Waals surface area (Å²) in [6.45, 7) is 18.3. The molecule has 0 aliphatic carbocycles. The molecular weight excluding hydrogens is 1070 g/mol. The molecule has 0 unspecified atom stereocenters. The van der Waals surface area contributed by atoms with E-state index in [2.05, 4.69) is 104 Å². The van der Waals surface area contributed by atoms with Crippen molar-refractivity contribution in [1.82, 2.24) is 0 Å². The monoisotopic (exact) mass is 1220 g/mol. The molecular formula is C82H144N2Ni.